The topological polar surface area (TPSA) is 9.23 Å². The van der Waals surface area contributed by atoms with Crippen molar-refractivity contribution < 1.29 is 20.4 Å². The molecule has 1 aromatic carbocycles. The number of benzene rings is 1. The van der Waals surface area contributed by atoms with Crippen molar-refractivity contribution in [3.63, 3.8) is 0 Å². The SMILES string of the molecule is COc1ccccc1[CH]=[Ru][Cl]. The molecule has 0 saturated heterocycles. The predicted molar refractivity (Wildman–Crippen MR) is 44.0 cm³/mol. The van der Waals surface area contributed by atoms with E-state index in [1.807, 2.05) is 28.9 Å². The van der Waals surface area contributed by atoms with Crippen LogP contribution in [-0.2, 0) is 15.7 Å². The van der Waals surface area contributed by atoms with Crippen LogP contribution < -0.4 is 4.74 Å². The second kappa shape index (κ2) is 4.63. The van der Waals surface area contributed by atoms with Crippen LogP contribution in [0.25, 0.3) is 0 Å². The molecule has 0 amide bonds. The molecule has 0 aliphatic heterocycles. The van der Waals surface area contributed by atoms with Crippen molar-refractivity contribution in [3.05, 3.63) is 29.8 Å². The van der Waals surface area contributed by atoms with Crippen molar-refractivity contribution in [2.45, 2.75) is 0 Å². The van der Waals surface area contributed by atoms with Crippen LogP contribution in [0.5, 0.6) is 5.75 Å². The van der Waals surface area contributed by atoms with Crippen LogP contribution in [0.3, 0.4) is 0 Å². The average molecular weight is 257 g/mol. The van der Waals surface area contributed by atoms with Gasteiger partial charge in [0.2, 0.25) is 0 Å². The molecule has 0 aliphatic rings. The van der Waals surface area contributed by atoms with Crippen molar-refractivity contribution >= 4 is 14.3 Å². The predicted octanol–water partition coefficient (Wildman–Crippen LogP) is 2.08. The summed E-state index contributed by atoms with van der Waals surface area (Å²) >= 11 is -0.174. The molecule has 61 valence electrons. The van der Waals surface area contributed by atoms with E-state index in [2.05, 4.69) is 0 Å². The fourth-order valence-electron chi connectivity index (χ4n) is 0.792. The van der Waals surface area contributed by atoms with E-state index in [4.69, 9.17) is 14.4 Å². The second-order valence-electron chi connectivity index (χ2n) is 1.92. The molecule has 0 aromatic heterocycles. The van der Waals surface area contributed by atoms with Gasteiger partial charge in [0.15, 0.2) is 0 Å². The van der Waals surface area contributed by atoms with E-state index in [1.54, 1.807) is 7.11 Å². The Kier molecular flexibility index (Phi) is 3.75. The van der Waals surface area contributed by atoms with Crippen molar-refractivity contribution in [1.29, 1.82) is 0 Å². The zero-order chi connectivity index (χ0) is 8.10. The molecule has 1 aromatic rings. The van der Waals surface area contributed by atoms with Gasteiger partial charge in [0, 0.05) is 0 Å². The van der Waals surface area contributed by atoms with Crippen molar-refractivity contribution in [1.82, 2.24) is 0 Å². The van der Waals surface area contributed by atoms with Gasteiger partial charge in [0.25, 0.3) is 0 Å². The average Bonchev–Trinajstić information content (AvgIpc) is 2.06. The standard InChI is InChI=1S/C8H8O.ClH.Ru/c1-7-5-3-4-6-8(7)9-2;;/h1,3-6H,2H3;1H;/q;;+1/p-1. The molecule has 0 aliphatic carbocycles. The molecule has 1 nitrogen and oxygen atoms in total. The van der Waals surface area contributed by atoms with E-state index in [0.717, 1.165) is 11.3 Å². The van der Waals surface area contributed by atoms with E-state index < -0.39 is 0 Å². The second-order valence-corrected chi connectivity index (χ2v) is 3.72. The Morgan fingerprint density at radius 3 is 2.82 bits per heavy atom. The summed E-state index contributed by atoms with van der Waals surface area (Å²) in [5.74, 6) is 0.891. The Hall–Kier alpha value is -0.197. The molecule has 1 rings (SSSR count). The summed E-state index contributed by atoms with van der Waals surface area (Å²) < 4.78 is 7.13. The Labute approximate surface area is 77.5 Å². The van der Waals surface area contributed by atoms with Crippen LogP contribution in [0.1, 0.15) is 5.56 Å². The normalized spacial score (nSPS) is 11.1. The zero-order valence-corrected chi connectivity index (χ0v) is 8.52. The van der Waals surface area contributed by atoms with Gasteiger partial charge in [0.1, 0.15) is 0 Å². The fraction of sp³-hybridized carbons (Fsp3) is 0.125. The van der Waals surface area contributed by atoms with Gasteiger partial charge in [-0.15, -0.1) is 0 Å². The first-order valence-electron chi connectivity index (χ1n) is 3.07. The Morgan fingerprint density at radius 2 is 2.18 bits per heavy atom. The van der Waals surface area contributed by atoms with Crippen molar-refractivity contribution in [2.24, 2.45) is 0 Å². The van der Waals surface area contributed by atoms with Gasteiger partial charge in [-0.1, -0.05) is 0 Å². The number of ether oxygens (including phenoxy) is 1. The van der Waals surface area contributed by atoms with E-state index in [0.29, 0.717) is 0 Å². The number of hydrogen-bond donors (Lipinski definition) is 0. The number of para-hydroxylation sites is 1. The molecule has 0 saturated carbocycles. The van der Waals surface area contributed by atoms with Gasteiger partial charge in [-0.05, 0) is 0 Å². The molecule has 0 fully saturated rings. The summed E-state index contributed by atoms with van der Waals surface area (Å²) in [5, 5.41) is 0. The first kappa shape index (κ1) is 8.90. The maximum absolute atomic E-state index is 5.64. The first-order chi connectivity index (χ1) is 5.38. The van der Waals surface area contributed by atoms with Crippen LogP contribution in [0, 0.1) is 0 Å². The molecule has 0 spiro atoms. The van der Waals surface area contributed by atoms with Gasteiger partial charge in [-0.2, -0.15) is 0 Å². The number of halogens is 1. The number of rotatable bonds is 2. The van der Waals surface area contributed by atoms with E-state index in [1.165, 1.54) is 0 Å². The molecule has 3 heteroatoms. The monoisotopic (exact) mass is 257 g/mol. The van der Waals surface area contributed by atoms with Gasteiger partial charge in [-0.25, -0.2) is 0 Å². The first-order valence-corrected chi connectivity index (χ1v) is 6.31. The zero-order valence-electron chi connectivity index (χ0n) is 6.03. The Morgan fingerprint density at radius 1 is 1.45 bits per heavy atom. The van der Waals surface area contributed by atoms with Crippen molar-refractivity contribution in [2.75, 3.05) is 7.11 Å². The molecular weight excluding hydrogens is 249 g/mol. The maximum atomic E-state index is 5.64. The molecular formula is C8H8ClORu. The summed E-state index contributed by atoms with van der Waals surface area (Å²) in [6.07, 6.45) is 0. The van der Waals surface area contributed by atoms with E-state index in [-0.39, 0.29) is 15.7 Å². The van der Waals surface area contributed by atoms with Gasteiger partial charge in [-0.3, -0.25) is 0 Å². The van der Waals surface area contributed by atoms with Crippen LogP contribution in [-0.4, -0.2) is 11.7 Å². The third-order valence-electron chi connectivity index (χ3n) is 1.29. The number of methoxy groups -OCH3 is 1. The summed E-state index contributed by atoms with van der Waals surface area (Å²) in [5.41, 5.74) is 1.09. The summed E-state index contributed by atoms with van der Waals surface area (Å²) in [6, 6.07) is 7.84. The minimum atomic E-state index is -0.174. The van der Waals surface area contributed by atoms with Crippen LogP contribution >= 0.6 is 9.69 Å². The molecule has 0 radical (unpaired) electrons. The van der Waals surface area contributed by atoms with E-state index in [9.17, 15) is 0 Å². The molecule has 0 bridgehead atoms. The van der Waals surface area contributed by atoms with Gasteiger partial charge in [0.05, 0.1) is 0 Å². The van der Waals surface area contributed by atoms with Crippen LogP contribution in [0.2, 0.25) is 0 Å². The third-order valence-corrected chi connectivity index (χ3v) is 2.47. The summed E-state index contributed by atoms with van der Waals surface area (Å²) in [6.45, 7) is 0. The van der Waals surface area contributed by atoms with Gasteiger partial charge < -0.3 is 0 Å². The molecule has 0 N–H and O–H groups in total. The molecule has 11 heavy (non-hydrogen) atoms. The molecule has 0 atom stereocenters. The summed E-state index contributed by atoms with van der Waals surface area (Å²) in [7, 11) is 7.31. The van der Waals surface area contributed by atoms with Crippen LogP contribution in [0.15, 0.2) is 24.3 Å². The van der Waals surface area contributed by atoms with Gasteiger partial charge >= 0.3 is 77.4 Å². The van der Waals surface area contributed by atoms with Crippen LogP contribution in [0.4, 0.5) is 0 Å². The third kappa shape index (κ3) is 2.39. The number of hydrogen-bond acceptors (Lipinski definition) is 1. The Balaban J connectivity index is 3.02. The molecule has 0 heterocycles. The van der Waals surface area contributed by atoms with Crippen molar-refractivity contribution in [3.8, 4) is 5.75 Å². The Bertz CT molecular complexity index is 260. The minimum absolute atomic E-state index is 0.174. The summed E-state index contributed by atoms with van der Waals surface area (Å²) in [4.78, 5) is 0. The quantitative estimate of drug-likeness (QED) is 0.737. The fourth-order valence-corrected chi connectivity index (χ4v) is 1.90. The van der Waals surface area contributed by atoms with E-state index >= 15 is 0 Å². The molecule has 0 unspecified atom stereocenters.